The number of nitrogens with zero attached hydrogens (tertiary/aromatic N) is 2. The van der Waals surface area contributed by atoms with Crippen LogP contribution in [0.25, 0.3) is 11.1 Å². The average molecular weight is 441 g/mol. The zero-order valence-electron chi connectivity index (χ0n) is 15.4. The third kappa shape index (κ3) is 5.40. The molecule has 2 N–H and O–H groups in total. The second kappa shape index (κ2) is 10.7. The zero-order chi connectivity index (χ0) is 20.7. The first-order valence-corrected chi connectivity index (χ1v) is 11.1. The van der Waals surface area contributed by atoms with Crippen molar-refractivity contribution in [2.75, 3.05) is 19.0 Å². The number of carboxylic acids is 1. The van der Waals surface area contributed by atoms with Crippen LogP contribution in [0.5, 0.6) is 0 Å². The number of nitriles is 1. The Morgan fingerprint density at radius 3 is 2.50 bits per heavy atom. The Morgan fingerprint density at radius 2 is 2.00 bits per heavy atom. The molecule has 0 saturated heterocycles. The molecule has 9 heteroatoms. The highest BCUT2D eigenvalue weighted by molar-refractivity contribution is 7.76. The third-order valence-corrected chi connectivity index (χ3v) is 6.66. The van der Waals surface area contributed by atoms with Crippen molar-refractivity contribution < 1.29 is 18.7 Å². The molecule has 0 aliphatic heterocycles. The molecule has 2 aromatic rings. The topological polar surface area (TPSA) is 102 Å². The van der Waals surface area contributed by atoms with Crippen molar-refractivity contribution in [1.29, 1.82) is 5.26 Å². The maximum Gasteiger partial charge on any atom is 0.346 e. The number of thiophene rings is 1. The van der Waals surface area contributed by atoms with Crippen LogP contribution in [0.2, 0.25) is 0 Å². The van der Waals surface area contributed by atoms with E-state index in [0.29, 0.717) is 54.9 Å². The van der Waals surface area contributed by atoms with Gasteiger partial charge in [0.2, 0.25) is 11.3 Å². The maximum absolute atomic E-state index is 11.6. The number of rotatable bonds is 10. The van der Waals surface area contributed by atoms with Gasteiger partial charge in [-0.1, -0.05) is 31.2 Å². The van der Waals surface area contributed by atoms with E-state index in [1.54, 1.807) is 12.1 Å². The molecule has 0 amide bonds. The molecule has 0 aliphatic rings. The number of hydrogen-bond acceptors (Lipinski definition) is 4. The number of halogens is 1. The van der Waals surface area contributed by atoms with Crippen LogP contribution in [-0.2, 0) is 24.1 Å². The van der Waals surface area contributed by atoms with E-state index >= 15 is 0 Å². The lowest BCUT2D eigenvalue weighted by Crippen LogP contribution is -2.29. The van der Waals surface area contributed by atoms with Gasteiger partial charge in [-0.15, -0.1) is 22.9 Å². The normalized spacial score (nSPS) is 12.1. The summed E-state index contributed by atoms with van der Waals surface area (Å²) in [7, 11) is 0. The second-order valence-corrected chi connectivity index (χ2v) is 8.49. The first-order chi connectivity index (χ1) is 13.4. The molecule has 6 nitrogen and oxygen atoms in total. The number of alkyl halides is 1. The van der Waals surface area contributed by atoms with Crippen LogP contribution in [0.3, 0.4) is 0 Å². The minimum Gasteiger partial charge on any atom is -0.477 e. The van der Waals surface area contributed by atoms with Crippen LogP contribution in [0.1, 0.15) is 39.0 Å². The number of carboxylic acid groups (broad SMARTS) is 1. The monoisotopic (exact) mass is 440 g/mol. The fourth-order valence-corrected chi connectivity index (χ4v) is 4.57. The van der Waals surface area contributed by atoms with Gasteiger partial charge in [0.15, 0.2) is 0 Å². The Hall–Kier alpha value is -1.76. The molecule has 0 spiro atoms. The van der Waals surface area contributed by atoms with E-state index in [9.17, 15) is 23.9 Å². The first kappa shape index (κ1) is 22.5. The molecule has 1 atom stereocenters. The van der Waals surface area contributed by atoms with Gasteiger partial charge < -0.3 is 5.11 Å². The lowest BCUT2D eigenvalue weighted by atomic mass is 9.98. The highest BCUT2D eigenvalue weighted by Crippen LogP contribution is 2.37. The molecule has 1 heterocycles. The Bertz CT molecular complexity index is 891. The van der Waals surface area contributed by atoms with Crippen LogP contribution in [0, 0.1) is 11.3 Å². The second-order valence-electron chi connectivity index (χ2n) is 6.02. The molecule has 1 unspecified atom stereocenters. The molecule has 1 aromatic heterocycles. The molecule has 0 radical (unpaired) electrons. The standard InChI is InChI=1S/C19H21ClN2O4S2/c1-2-16-15(12-21)17(18(27-16)19(23)24)14-6-4-13(5-7-14)8-11-22(28(25)26)10-3-9-20/h4-7H,2-3,8-11H2,1H3,(H,23,24)(H,25,26). The number of aromatic carboxylic acids is 1. The average Bonchev–Trinajstić information content (AvgIpc) is 3.07. The summed E-state index contributed by atoms with van der Waals surface area (Å²) in [6, 6.07) is 9.44. The summed E-state index contributed by atoms with van der Waals surface area (Å²) in [4.78, 5) is 12.6. The van der Waals surface area contributed by atoms with Gasteiger partial charge in [-0.25, -0.2) is 13.3 Å². The Labute approximate surface area is 175 Å². The summed E-state index contributed by atoms with van der Waals surface area (Å²) in [5.41, 5.74) is 2.51. The van der Waals surface area contributed by atoms with Gasteiger partial charge in [-0.2, -0.15) is 5.26 Å². The van der Waals surface area contributed by atoms with E-state index in [4.69, 9.17) is 11.6 Å². The van der Waals surface area contributed by atoms with Crippen LogP contribution in [0.4, 0.5) is 0 Å². The lowest BCUT2D eigenvalue weighted by Gasteiger charge is -2.16. The SMILES string of the molecule is CCc1sc(C(=O)O)c(-c2ccc(CCN(CCCCl)S(=O)O)cc2)c1C#N. The number of aryl methyl sites for hydroxylation is 1. The van der Waals surface area contributed by atoms with Crippen LogP contribution in [-0.4, -0.2) is 43.1 Å². The molecular formula is C19H21ClN2O4S2. The highest BCUT2D eigenvalue weighted by atomic mass is 35.5. The van der Waals surface area contributed by atoms with Crippen molar-refractivity contribution in [2.45, 2.75) is 26.2 Å². The molecule has 28 heavy (non-hydrogen) atoms. The van der Waals surface area contributed by atoms with Crippen molar-refractivity contribution in [1.82, 2.24) is 4.31 Å². The predicted octanol–water partition coefficient (Wildman–Crippen LogP) is 4.16. The quantitative estimate of drug-likeness (QED) is 0.426. The molecule has 0 bridgehead atoms. The fourth-order valence-electron chi connectivity index (χ4n) is 2.87. The number of carbonyl (C=O) groups is 1. The van der Waals surface area contributed by atoms with Gasteiger partial charge in [0.1, 0.15) is 10.9 Å². The van der Waals surface area contributed by atoms with Gasteiger partial charge >= 0.3 is 5.97 Å². The highest BCUT2D eigenvalue weighted by Gasteiger charge is 2.23. The molecule has 0 fully saturated rings. The molecule has 2 rings (SSSR count). The molecule has 150 valence electrons. The fraction of sp³-hybridized carbons (Fsp3) is 0.368. The summed E-state index contributed by atoms with van der Waals surface area (Å²) < 4.78 is 22.2. The molecule has 0 aliphatic carbocycles. The van der Waals surface area contributed by atoms with Crippen molar-refractivity contribution in [3.63, 3.8) is 0 Å². The van der Waals surface area contributed by atoms with E-state index in [1.165, 1.54) is 4.31 Å². The van der Waals surface area contributed by atoms with Crippen molar-refractivity contribution in [2.24, 2.45) is 0 Å². The zero-order valence-corrected chi connectivity index (χ0v) is 17.7. The van der Waals surface area contributed by atoms with Crippen LogP contribution >= 0.6 is 22.9 Å². The minimum atomic E-state index is -2.05. The minimum absolute atomic E-state index is 0.170. The number of hydrogen-bond donors (Lipinski definition) is 2. The van der Waals surface area contributed by atoms with Gasteiger partial charge in [0.25, 0.3) is 0 Å². The Kier molecular flexibility index (Phi) is 8.60. The van der Waals surface area contributed by atoms with E-state index in [1.807, 2.05) is 19.1 Å². The Balaban J connectivity index is 2.23. The smallest absolute Gasteiger partial charge is 0.346 e. The third-order valence-electron chi connectivity index (χ3n) is 4.26. The predicted molar refractivity (Wildman–Crippen MR) is 112 cm³/mol. The molecule has 1 aromatic carbocycles. The van der Waals surface area contributed by atoms with Gasteiger partial charge in [-0.3, -0.25) is 4.55 Å². The van der Waals surface area contributed by atoms with E-state index < -0.39 is 17.2 Å². The summed E-state index contributed by atoms with van der Waals surface area (Å²) in [5, 5.41) is 19.0. The van der Waals surface area contributed by atoms with E-state index in [0.717, 1.165) is 21.8 Å². The van der Waals surface area contributed by atoms with Crippen molar-refractivity contribution in [3.05, 3.63) is 45.1 Å². The summed E-state index contributed by atoms with van der Waals surface area (Å²) in [6.45, 7) is 2.74. The number of benzene rings is 1. The van der Waals surface area contributed by atoms with Crippen molar-refractivity contribution >= 4 is 40.2 Å². The van der Waals surface area contributed by atoms with Gasteiger partial charge in [0.05, 0.1) is 5.56 Å². The van der Waals surface area contributed by atoms with E-state index in [2.05, 4.69) is 6.07 Å². The Morgan fingerprint density at radius 1 is 1.32 bits per heavy atom. The molecular weight excluding hydrogens is 420 g/mol. The van der Waals surface area contributed by atoms with E-state index in [-0.39, 0.29) is 4.88 Å². The largest absolute Gasteiger partial charge is 0.477 e. The van der Waals surface area contributed by atoms with Crippen LogP contribution < -0.4 is 0 Å². The van der Waals surface area contributed by atoms with Gasteiger partial charge in [-0.05, 0) is 30.4 Å². The molecule has 0 saturated carbocycles. The lowest BCUT2D eigenvalue weighted by molar-refractivity contribution is 0.0703. The van der Waals surface area contributed by atoms with Gasteiger partial charge in [0, 0.05) is 29.4 Å². The summed E-state index contributed by atoms with van der Waals surface area (Å²) in [5.74, 6) is -0.615. The summed E-state index contributed by atoms with van der Waals surface area (Å²) >= 11 is 4.74. The van der Waals surface area contributed by atoms with Crippen LogP contribution in [0.15, 0.2) is 24.3 Å². The summed E-state index contributed by atoms with van der Waals surface area (Å²) in [6.07, 6.45) is 1.79. The maximum atomic E-state index is 11.6. The van der Waals surface area contributed by atoms with Crippen molar-refractivity contribution in [3.8, 4) is 17.2 Å². The first-order valence-electron chi connectivity index (χ1n) is 8.73.